The lowest BCUT2D eigenvalue weighted by molar-refractivity contribution is -0.140. The van der Waals surface area contributed by atoms with Crippen LogP contribution in [0.2, 0.25) is 0 Å². The van der Waals surface area contributed by atoms with E-state index >= 15 is 0 Å². The zero-order valence-electron chi connectivity index (χ0n) is 12.4. The molecule has 0 atom stereocenters. The number of ether oxygens (including phenoxy) is 1. The molecule has 0 spiro atoms. The van der Waals surface area contributed by atoms with Gasteiger partial charge in [-0.15, -0.1) is 0 Å². The van der Waals surface area contributed by atoms with Crippen molar-refractivity contribution in [3.05, 3.63) is 0 Å². The molecule has 0 aromatic heterocycles. The van der Waals surface area contributed by atoms with Crippen molar-refractivity contribution in [2.24, 2.45) is 5.92 Å². The predicted octanol–water partition coefficient (Wildman–Crippen LogP) is 0.591. The minimum Gasteiger partial charge on any atom is -0.469 e. The Morgan fingerprint density at radius 3 is 2.60 bits per heavy atom. The Morgan fingerprint density at radius 1 is 1.35 bits per heavy atom. The zero-order chi connectivity index (χ0) is 15.0. The highest BCUT2D eigenvalue weighted by molar-refractivity contribution is 7.89. The lowest BCUT2D eigenvalue weighted by Gasteiger charge is -2.30. The maximum Gasteiger partial charge on any atom is 0.305 e. The third-order valence-electron chi connectivity index (χ3n) is 3.65. The Balaban J connectivity index is 2.14. The predicted molar refractivity (Wildman–Crippen MR) is 77.9 cm³/mol. The normalized spacial score (nSPS) is 18.1. The topological polar surface area (TPSA) is 75.7 Å². The number of rotatable bonds is 8. The molecule has 0 saturated carbocycles. The first-order valence-corrected chi connectivity index (χ1v) is 8.84. The number of hydrogen-bond acceptors (Lipinski definition) is 5. The lowest BCUT2D eigenvalue weighted by atomic mass is 9.99. The second-order valence-corrected chi connectivity index (χ2v) is 7.34. The zero-order valence-corrected chi connectivity index (χ0v) is 13.2. The highest BCUT2D eigenvalue weighted by Gasteiger charge is 2.16. The van der Waals surface area contributed by atoms with E-state index in [1.807, 2.05) is 0 Å². The molecule has 0 aromatic rings. The van der Waals surface area contributed by atoms with Crippen molar-refractivity contribution in [1.82, 2.24) is 9.62 Å². The minimum absolute atomic E-state index is 0.0286. The molecule has 6 nitrogen and oxygen atoms in total. The van der Waals surface area contributed by atoms with Gasteiger partial charge in [0.2, 0.25) is 10.0 Å². The molecule has 0 amide bonds. The first-order chi connectivity index (χ1) is 9.43. The Kier molecular flexibility index (Phi) is 7.47. The molecule has 0 unspecified atom stereocenters. The van der Waals surface area contributed by atoms with Crippen molar-refractivity contribution in [1.29, 1.82) is 0 Å². The van der Waals surface area contributed by atoms with Gasteiger partial charge in [0, 0.05) is 19.5 Å². The summed E-state index contributed by atoms with van der Waals surface area (Å²) in [6, 6.07) is 0. The lowest BCUT2D eigenvalue weighted by Crippen LogP contribution is -2.39. The van der Waals surface area contributed by atoms with Crippen molar-refractivity contribution in [2.45, 2.75) is 32.6 Å². The van der Waals surface area contributed by atoms with Crippen LogP contribution in [0.1, 0.15) is 32.6 Å². The van der Waals surface area contributed by atoms with Crippen LogP contribution in [0.25, 0.3) is 0 Å². The number of methoxy groups -OCH3 is 1. The summed E-state index contributed by atoms with van der Waals surface area (Å²) in [5.41, 5.74) is 0. The maximum absolute atomic E-state index is 11.7. The van der Waals surface area contributed by atoms with Crippen LogP contribution < -0.4 is 4.72 Å². The molecule has 1 fully saturated rings. The van der Waals surface area contributed by atoms with Crippen molar-refractivity contribution in [2.75, 3.05) is 39.0 Å². The van der Waals surface area contributed by atoms with E-state index in [0.29, 0.717) is 13.0 Å². The fraction of sp³-hybridized carbons (Fsp3) is 0.923. The summed E-state index contributed by atoms with van der Waals surface area (Å²) in [7, 11) is -1.98. The van der Waals surface area contributed by atoms with Crippen molar-refractivity contribution in [3.63, 3.8) is 0 Å². The molecule has 20 heavy (non-hydrogen) atoms. The molecule has 1 heterocycles. The number of hydrogen-bond donors (Lipinski definition) is 1. The van der Waals surface area contributed by atoms with Crippen LogP contribution in [0.4, 0.5) is 0 Å². The van der Waals surface area contributed by atoms with Crippen LogP contribution in [0.15, 0.2) is 0 Å². The third-order valence-corrected chi connectivity index (χ3v) is 5.12. The molecule has 1 saturated heterocycles. The van der Waals surface area contributed by atoms with Gasteiger partial charge in [0.15, 0.2) is 0 Å². The molecule has 0 bridgehead atoms. The average Bonchev–Trinajstić information content (AvgIpc) is 2.40. The maximum atomic E-state index is 11.7. The Bertz CT molecular complexity index is 389. The molecule has 1 N–H and O–H groups in total. The van der Waals surface area contributed by atoms with Gasteiger partial charge in [-0.1, -0.05) is 6.92 Å². The summed E-state index contributed by atoms with van der Waals surface area (Å²) < 4.78 is 30.5. The highest BCUT2D eigenvalue weighted by Crippen LogP contribution is 2.15. The molecule has 1 rings (SSSR count). The summed E-state index contributed by atoms with van der Waals surface area (Å²) in [6.45, 7) is 5.54. The number of likely N-dealkylation sites (tertiary alicyclic amines) is 1. The van der Waals surface area contributed by atoms with E-state index < -0.39 is 10.0 Å². The summed E-state index contributed by atoms with van der Waals surface area (Å²) in [5, 5.41) is 0. The van der Waals surface area contributed by atoms with Gasteiger partial charge in [-0.05, 0) is 38.3 Å². The number of nitrogens with one attached hydrogen (secondary N) is 1. The fourth-order valence-electron chi connectivity index (χ4n) is 2.23. The summed E-state index contributed by atoms with van der Waals surface area (Å²) in [6.07, 6.45) is 2.81. The largest absolute Gasteiger partial charge is 0.469 e. The fourth-order valence-corrected chi connectivity index (χ4v) is 3.30. The van der Waals surface area contributed by atoms with Gasteiger partial charge < -0.3 is 9.64 Å². The van der Waals surface area contributed by atoms with Gasteiger partial charge in [0.1, 0.15) is 0 Å². The number of carbonyl (C=O) groups is 1. The molecule has 1 aliphatic rings. The van der Waals surface area contributed by atoms with E-state index in [0.717, 1.165) is 25.6 Å². The third kappa shape index (κ3) is 7.21. The Morgan fingerprint density at radius 2 is 2.00 bits per heavy atom. The molecule has 0 aliphatic carbocycles. The van der Waals surface area contributed by atoms with Gasteiger partial charge in [-0.2, -0.15) is 0 Å². The SMILES string of the molecule is COC(=O)CCCS(=O)(=O)NCCN1CCC(C)CC1. The summed E-state index contributed by atoms with van der Waals surface area (Å²) in [4.78, 5) is 13.2. The first kappa shape index (κ1) is 17.4. The van der Waals surface area contributed by atoms with E-state index in [-0.39, 0.29) is 18.1 Å². The number of piperidine rings is 1. The first-order valence-electron chi connectivity index (χ1n) is 7.19. The van der Waals surface area contributed by atoms with Crippen molar-refractivity contribution >= 4 is 16.0 Å². The van der Waals surface area contributed by atoms with Crippen molar-refractivity contribution in [3.8, 4) is 0 Å². The molecule has 7 heteroatoms. The van der Waals surface area contributed by atoms with Crippen LogP contribution in [0.3, 0.4) is 0 Å². The van der Waals surface area contributed by atoms with Crippen LogP contribution in [0, 0.1) is 5.92 Å². The molecule has 118 valence electrons. The van der Waals surface area contributed by atoms with Crippen LogP contribution >= 0.6 is 0 Å². The van der Waals surface area contributed by atoms with E-state index in [9.17, 15) is 13.2 Å². The number of nitrogens with zero attached hydrogens (tertiary/aromatic N) is 1. The Labute approximate surface area is 121 Å². The molecular weight excluding hydrogens is 280 g/mol. The number of esters is 1. The van der Waals surface area contributed by atoms with Gasteiger partial charge >= 0.3 is 5.97 Å². The quantitative estimate of drug-likeness (QED) is 0.664. The van der Waals surface area contributed by atoms with Gasteiger partial charge in [-0.3, -0.25) is 4.79 Å². The Hall–Kier alpha value is -0.660. The average molecular weight is 306 g/mol. The standard InChI is InChI=1S/C13H26N2O4S/c1-12-5-8-15(9-6-12)10-7-14-20(17,18)11-3-4-13(16)19-2/h12,14H,3-11H2,1-2H3. The second kappa shape index (κ2) is 8.59. The molecule has 0 aromatic carbocycles. The van der Waals surface area contributed by atoms with Crippen molar-refractivity contribution < 1.29 is 17.9 Å². The van der Waals surface area contributed by atoms with Gasteiger partial charge in [-0.25, -0.2) is 13.1 Å². The van der Waals surface area contributed by atoms with Gasteiger partial charge in [0.05, 0.1) is 12.9 Å². The highest BCUT2D eigenvalue weighted by atomic mass is 32.2. The van der Waals surface area contributed by atoms with E-state index in [1.165, 1.54) is 20.0 Å². The van der Waals surface area contributed by atoms with E-state index in [4.69, 9.17) is 0 Å². The second-order valence-electron chi connectivity index (χ2n) is 5.42. The van der Waals surface area contributed by atoms with Gasteiger partial charge in [0.25, 0.3) is 0 Å². The smallest absolute Gasteiger partial charge is 0.305 e. The molecule has 0 radical (unpaired) electrons. The van der Waals surface area contributed by atoms with E-state index in [2.05, 4.69) is 21.3 Å². The van der Waals surface area contributed by atoms with Crippen LogP contribution in [-0.2, 0) is 19.6 Å². The van der Waals surface area contributed by atoms with Crippen LogP contribution in [-0.4, -0.2) is 58.3 Å². The minimum atomic E-state index is -3.28. The van der Waals surface area contributed by atoms with E-state index in [1.54, 1.807) is 0 Å². The number of sulfonamides is 1. The summed E-state index contributed by atoms with van der Waals surface area (Å²) in [5.74, 6) is 0.378. The van der Waals surface area contributed by atoms with Crippen LogP contribution in [0.5, 0.6) is 0 Å². The molecule has 1 aliphatic heterocycles. The number of carbonyl (C=O) groups excluding carboxylic acids is 1. The monoisotopic (exact) mass is 306 g/mol. The molecular formula is C13H26N2O4S. The summed E-state index contributed by atoms with van der Waals surface area (Å²) >= 11 is 0.